The van der Waals surface area contributed by atoms with Crippen LogP contribution in [0, 0.1) is 0 Å². The summed E-state index contributed by atoms with van der Waals surface area (Å²) < 4.78 is 21.5. The minimum Gasteiger partial charge on any atom is -0.462 e. The van der Waals surface area contributed by atoms with E-state index in [9.17, 15) is 14.4 Å². The monoisotopic (exact) mass is 542 g/mol. The van der Waals surface area contributed by atoms with Crippen molar-refractivity contribution in [1.29, 1.82) is 0 Å². The minimum atomic E-state index is -0.685. The van der Waals surface area contributed by atoms with Crippen molar-refractivity contribution in [3.8, 4) is 22.6 Å². The summed E-state index contributed by atoms with van der Waals surface area (Å²) in [6.45, 7) is 4.06. The van der Waals surface area contributed by atoms with Crippen molar-refractivity contribution in [3.63, 3.8) is 0 Å². The molecule has 2 heterocycles. The van der Waals surface area contributed by atoms with Crippen molar-refractivity contribution < 1.29 is 32.7 Å². The lowest BCUT2D eigenvalue weighted by molar-refractivity contribution is 0.0517. The Morgan fingerprint density at radius 1 is 0.700 bits per heavy atom. The number of ether oxygens (including phenoxy) is 2. The number of nitrogens with one attached hydrogen (secondary N) is 2. The van der Waals surface area contributed by atoms with Crippen molar-refractivity contribution in [1.82, 2.24) is 10.9 Å². The standard InChI is InChI=1S/C29H26N4O7/c1-3-37-27(34)21-9-5-7-19(15-21)25-13-11-23(39-25)17-30-32-29(36)33-31-18-24-12-14-26(40-24)20-8-6-10-22(16-20)28(35)38-4-2/h5-18H,3-4H2,1-2H3,(H2,32,33,36)/b30-17+,31-18+. The fraction of sp³-hybridized carbons (Fsp3) is 0.138. The Bertz CT molecular complexity index is 1440. The van der Waals surface area contributed by atoms with Crippen LogP contribution in [-0.4, -0.2) is 43.6 Å². The number of esters is 2. The molecule has 2 aromatic carbocycles. The Morgan fingerprint density at radius 2 is 1.15 bits per heavy atom. The molecule has 0 spiro atoms. The predicted molar refractivity (Wildman–Crippen MR) is 147 cm³/mol. The van der Waals surface area contributed by atoms with Crippen LogP contribution in [0.15, 0.2) is 91.8 Å². The Hall–Kier alpha value is -5.45. The third kappa shape index (κ3) is 7.32. The average Bonchev–Trinajstić information content (AvgIpc) is 3.64. The molecule has 0 saturated heterocycles. The fourth-order valence-corrected chi connectivity index (χ4v) is 3.52. The maximum Gasteiger partial charge on any atom is 0.355 e. The van der Waals surface area contributed by atoms with Gasteiger partial charge in [-0.2, -0.15) is 10.2 Å². The average molecular weight is 543 g/mol. The van der Waals surface area contributed by atoms with Crippen molar-refractivity contribution in [2.24, 2.45) is 10.2 Å². The van der Waals surface area contributed by atoms with E-state index in [4.69, 9.17) is 18.3 Å². The van der Waals surface area contributed by atoms with Crippen LogP contribution >= 0.6 is 0 Å². The summed E-state index contributed by atoms with van der Waals surface area (Å²) in [6.07, 6.45) is 2.65. The van der Waals surface area contributed by atoms with Gasteiger partial charge in [-0.15, -0.1) is 0 Å². The molecule has 40 heavy (non-hydrogen) atoms. The summed E-state index contributed by atoms with van der Waals surface area (Å²) in [6, 6.07) is 19.8. The normalized spacial score (nSPS) is 11.1. The van der Waals surface area contributed by atoms with Gasteiger partial charge in [-0.05, 0) is 62.4 Å². The van der Waals surface area contributed by atoms with Crippen LogP contribution in [0.1, 0.15) is 46.1 Å². The van der Waals surface area contributed by atoms with Crippen LogP contribution in [0.2, 0.25) is 0 Å². The number of hydrogen-bond donors (Lipinski definition) is 2. The number of hydrogen-bond acceptors (Lipinski definition) is 9. The largest absolute Gasteiger partial charge is 0.462 e. The zero-order chi connectivity index (χ0) is 28.3. The molecule has 0 saturated carbocycles. The molecule has 204 valence electrons. The van der Waals surface area contributed by atoms with Gasteiger partial charge in [0.25, 0.3) is 0 Å². The molecule has 11 nitrogen and oxygen atoms in total. The van der Waals surface area contributed by atoms with Crippen LogP contribution in [0.25, 0.3) is 22.6 Å². The molecule has 2 aromatic heterocycles. The quantitative estimate of drug-likeness (QED) is 0.159. The molecule has 2 N–H and O–H groups in total. The number of amides is 2. The highest BCUT2D eigenvalue weighted by molar-refractivity contribution is 5.91. The first-order valence-corrected chi connectivity index (χ1v) is 12.3. The lowest BCUT2D eigenvalue weighted by atomic mass is 10.1. The van der Waals surface area contributed by atoms with Gasteiger partial charge in [0, 0.05) is 11.1 Å². The van der Waals surface area contributed by atoms with E-state index in [2.05, 4.69) is 21.1 Å². The highest BCUT2D eigenvalue weighted by Gasteiger charge is 2.11. The lowest BCUT2D eigenvalue weighted by Crippen LogP contribution is -2.28. The first-order valence-electron chi connectivity index (χ1n) is 12.3. The molecular weight excluding hydrogens is 516 g/mol. The van der Waals surface area contributed by atoms with E-state index >= 15 is 0 Å². The maximum atomic E-state index is 12.0. The molecule has 4 aromatic rings. The van der Waals surface area contributed by atoms with Gasteiger partial charge in [-0.3, -0.25) is 0 Å². The van der Waals surface area contributed by atoms with Crippen molar-refractivity contribution >= 4 is 30.4 Å². The van der Waals surface area contributed by atoms with Gasteiger partial charge in [0.2, 0.25) is 0 Å². The SMILES string of the molecule is CCOC(=O)c1cccc(-c2ccc(/C=N/NC(=O)N/N=C/c3ccc(-c4cccc(C(=O)OCC)c4)o3)o2)c1. The topological polar surface area (TPSA) is 145 Å². The first kappa shape index (κ1) is 27.6. The zero-order valence-corrected chi connectivity index (χ0v) is 21.7. The number of benzene rings is 2. The molecule has 0 aliphatic carbocycles. The summed E-state index contributed by atoms with van der Waals surface area (Å²) in [7, 11) is 0. The second-order valence-electron chi connectivity index (χ2n) is 8.08. The molecule has 0 radical (unpaired) electrons. The fourth-order valence-electron chi connectivity index (χ4n) is 3.52. The van der Waals surface area contributed by atoms with Crippen molar-refractivity contribution in [3.05, 3.63) is 95.4 Å². The number of urea groups is 1. The van der Waals surface area contributed by atoms with Gasteiger partial charge in [-0.25, -0.2) is 25.2 Å². The molecule has 0 aliphatic heterocycles. The van der Waals surface area contributed by atoms with E-state index in [-0.39, 0.29) is 13.2 Å². The number of carbonyl (C=O) groups excluding carboxylic acids is 3. The summed E-state index contributed by atoms with van der Waals surface area (Å²) in [5.74, 6) is 0.984. The molecular formula is C29H26N4O7. The Labute approximate surface area is 229 Å². The third-order valence-electron chi connectivity index (χ3n) is 5.29. The number of hydrazone groups is 2. The molecule has 0 fully saturated rings. The van der Waals surface area contributed by atoms with Gasteiger partial charge < -0.3 is 18.3 Å². The van der Waals surface area contributed by atoms with E-state index in [1.165, 1.54) is 12.4 Å². The summed E-state index contributed by atoms with van der Waals surface area (Å²) in [5.41, 5.74) is 6.76. The zero-order valence-electron chi connectivity index (χ0n) is 21.7. The Morgan fingerprint density at radius 3 is 1.57 bits per heavy atom. The van der Waals surface area contributed by atoms with Gasteiger partial charge in [0.15, 0.2) is 0 Å². The molecule has 2 amide bonds. The van der Waals surface area contributed by atoms with Crippen LogP contribution in [0.4, 0.5) is 4.79 Å². The number of carbonyl (C=O) groups is 3. The van der Waals surface area contributed by atoms with Crippen LogP contribution in [0.5, 0.6) is 0 Å². The minimum absolute atomic E-state index is 0.287. The summed E-state index contributed by atoms with van der Waals surface area (Å²) in [4.78, 5) is 35.9. The number of rotatable bonds is 10. The third-order valence-corrected chi connectivity index (χ3v) is 5.29. The molecule has 0 atom stereocenters. The van der Waals surface area contributed by atoms with Gasteiger partial charge in [-0.1, -0.05) is 24.3 Å². The highest BCUT2D eigenvalue weighted by Crippen LogP contribution is 2.24. The number of nitrogens with zero attached hydrogens (tertiary/aromatic N) is 2. The van der Waals surface area contributed by atoms with Crippen LogP contribution in [0.3, 0.4) is 0 Å². The second-order valence-corrected chi connectivity index (χ2v) is 8.08. The van der Waals surface area contributed by atoms with Crippen molar-refractivity contribution in [2.45, 2.75) is 13.8 Å². The molecule has 4 rings (SSSR count). The van der Waals surface area contributed by atoms with Crippen molar-refractivity contribution in [2.75, 3.05) is 13.2 Å². The van der Waals surface area contributed by atoms with E-state index in [1.54, 1.807) is 86.6 Å². The summed E-state index contributed by atoms with van der Waals surface area (Å²) >= 11 is 0. The predicted octanol–water partition coefficient (Wildman–Crippen LogP) is 5.23. The maximum absolute atomic E-state index is 12.0. The first-order chi connectivity index (χ1) is 19.5. The molecule has 0 unspecified atom stereocenters. The molecule has 0 aliphatic rings. The second kappa shape index (κ2) is 13.4. The Kier molecular flexibility index (Phi) is 9.22. The summed E-state index contributed by atoms with van der Waals surface area (Å²) in [5, 5.41) is 7.67. The van der Waals surface area contributed by atoms with E-state index in [0.29, 0.717) is 45.3 Å². The highest BCUT2D eigenvalue weighted by atomic mass is 16.5. The smallest absolute Gasteiger partial charge is 0.355 e. The van der Waals surface area contributed by atoms with E-state index < -0.39 is 18.0 Å². The number of furan rings is 2. The molecule has 0 bridgehead atoms. The molecule has 11 heteroatoms. The Balaban J connectivity index is 1.28. The van der Waals surface area contributed by atoms with Crippen LogP contribution < -0.4 is 10.9 Å². The van der Waals surface area contributed by atoms with Gasteiger partial charge in [0.1, 0.15) is 23.0 Å². The van der Waals surface area contributed by atoms with Crippen LogP contribution in [-0.2, 0) is 9.47 Å². The van der Waals surface area contributed by atoms with Gasteiger partial charge >= 0.3 is 18.0 Å². The van der Waals surface area contributed by atoms with Gasteiger partial charge in [0.05, 0.1) is 36.8 Å². The lowest BCUT2D eigenvalue weighted by Gasteiger charge is -2.03. The van der Waals surface area contributed by atoms with E-state index in [1.807, 2.05) is 0 Å². The van der Waals surface area contributed by atoms with E-state index in [0.717, 1.165) is 0 Å².